The smallest absolute Gasteiger partial charge is 0.325 e. The van der Waals surface area contributed by atoms with Crippen molar-refractivity contribution in [1.29, 1.82) is 0 Å². The molecule has 2 aliphatic rings. The molecule has 112 valence electrons. The van der Waals surface area contributed by atoms with E-state index in [1.807, 2.05) is 0 Å². The number of rotatable bonds is 2. The molecule has 1 saturated carbocycles. The highest BCUT2D eigenvalue weighted by Crippen LogP contribution is 2.43. The Morgan fingerprint density at radius 2 is 1.90 bits per heavy atom. The molecule has 6 heteroatoms. The van der Waals surface area contributed by atoms with Gasteiger partial charge < -0.3 is 11.1 Å². The van der Waals surface area contributed by atoms with Crippen LogP contribution in [0.25, 0.3) is 0 Å². The summed E-state index contributed by atoms with van der Waals surface area (Å²) in [4.78, 5) is 36.2. The zero-order valence-corrected chi connectivity index (χ0v) is 12.4. The number of urea groups is 1. The van der Waals surface area contributed by atoms with E-state index in [0.717, 1.165) is 17.7 Å². The Balaban J connectivity index is 2.09. The van der Waals surface area contributed by atoms with Crippen molar-refractivity contribution in [3.05, 3.63) is 0 Å². The van der Waals surface area contributed by atoms with Crippen LogP contribution in [-0.4, -0.2) is 34.8 Å². The fraction of sp³-hybridized carbons (Fsp3) is 0.786. The van der Waals surface area contributed by atoms with Gasteiger partial charge in [-0.2, -0.15) is 0 Å². The van der Waals surface area contributed by atoms with Crippen molar-refractivity contribution in [3.8, 4) is 0 Å². The van der Waals surface area contributed by atoms with Crippen molar-refractivity contribution in [2.75, 3.05) is 6.54 Å². The lowest BCUT2D eigenvalue weighted by Gasteiger charge is -2.40. The topological polar surface area (TPSA) is 92.5 Å². The van der Waals surface area contributed by atoms with Crippen LogP contribution in [0.4, 0.5) is 4.79 Å². The number of hydrogen-bond acceptors (Lipinski definition) is 3. The van der Waals surface area contributed by atoms with E-state index in [-0.39, 0.29) is 17.9 Å². The minimum atomic E-state index is -0.811. The van der Waals surface area contributed by atoms with Crippen molar-refractivity contribution < 1.29 is 14.4 Å². The Labute approximate surface area is 119 Å². The molecular formula is C14H23N3O3. The van der Waals surface area contributed by atoms with Crippen LogP contribution in [0.15, 0.2) is 0 Å². The third kappa shape index (κ3) is 2.51. The summed E-state index contributed by atoms with van der Waals surface area (Å²) in [6, 6.07) is -0.497. The zero-order valence-electron chi connectivity index (χ0n) is 12.4. The van der Waals surface area contributed by atoms with E-state index in [1.54, 1.807) is 0 Å². The molecule has 1 heterocycles. The maximum absolute atomic E-state index is 12.4. The summed E-state index contributed by atoms with van der Waals surface area (Å²) in [6.07, 6.45) is 3.07. The van der Waals surface area contributed by atoms with Gasteiger partial charge in [-0.15, -0.1) is 0 Å². The van der Waals surface area contributed by atoms with Crippen LogP contribution in [-0.2, 0) is 9.59 Å². The van der Waals surface area contributed by atoms with Gasteiger partial charge in [-0.25, -0.2) is 4.79 Å². The van der Waals surface area contributed by atoms with E-state index in [1.165, 1.54) is 0 Å². The molecule has 0 aromatic rings. The molecule has 3 N–H and O–H groups in total. The van der Waals surface area contributed by atoms with Crippen LogP contribution in [0.5, 0.6) is 0 Å². The molecule has 1 spiro atoms. The molecule has 0 radical (unpaired) electrons. The first kappa shape index (κ1) is 14.8. The molecule has 0 unspecified atom stereocenters. The second-order valence-corrected chi connectivity index (χ2v) is 7.01. The van der Waals surface area contributed by atoms with Gasteiger partial charge in [0.1, 0.15) is 12.1 Å². The molecule has 1 aliphatic carbocycles. The predicted octanol–water partition coefficient (Wildman–Crippen LogP) is 0.999. The number of nitrogens with zero attached hydrogens (tertiary/aromatic N) is 1. The summed E-state index contributed by atoms with van der Waals surface area (Å²) >= 11 is 0. The number of imide groups is 1. The van der Waals surface area contributed by atoms with Gasteiger partial charge in [-0.1, -0.05) is 20.8 Å². The van der Waals surface area contributed by atoms with Gasteiger partial charge in [-0.05, 0) is 37.0 Å². The average molecular weight is 281 g/mol. The molecule has 2 rings (SSSR count). The first-order valence-corrected chi connectivity index (χ1v) is 7.08. The highest BCUT2D eigenvalue weighted by molar-refractivity contribution is 6.08. The Kier molecular flexibility index (Phi) is 3.52. The summed E-state index contributed by atoms with van der Waals surface area (Å²) in [5.74, 6) is -0.425. The number of nitrogens with two attached hydrogens (primary N) is 1. The molecule has 6 nitrogen and oxygen atoms in total. The number of carbonyl (C=O) groups is 3. The lowest BCUT2D eigenvalue weighted by molar-refractivity contribution is -0.135. The molecule has 1 saturated heterocycles. The van der Waals surface area contributed by atoms with Crippen LogP contribution >= 0.6 is 0 Å². The summed E-state index contributed by atoms with van der Waals surface area (Å²) in [6.45, 7) is 6.26. The summed E-state index contributed by atoms with van der Waals surface area (Å²) in [5.41, 5.74) is 4.48. The van der Waals surface area contributed by atoms with Gasteiger partial charge in [0.05, 0.1) is 0 Å². The number of nitrogens with one attached hydrogen (secondary N) is 1. The maximum Gasteiger partial charge on any atom is 0.325 e. The van der Waals surface area contributed by atoms with E-state index in [4.69, 9.17) is 5.73 Å². The highest BCUT2D eigenvalue weighted by Gasteiger charge is 2.53. The van der Waals surface area contributed by atoms with Crippen molar-refractivity contribution >= 4 is 17.8 Å². The highest BCUT2D eigenvalue weighted by atomic mass is 16.2. The molecular weight excluding hydrogens is 258 g/mol. The van der Waals surface area contributed by atoms with Gasteiger partial charge >= 0.3 is 6.03 Å². The molecule has 4 amide bonds. The van der Waals surface area contributed by atoms with Crippen molar-refractivity contribution in [3.63, 3.8) is 0 Å². The van der Waals surface area contributed by atoms with Crippen molar-refractivity contribution in [2.24, 2.45) is 17.1 Å². The summed E-state index contributed by atoms with van der Waals surface area (Å²) < 4.78 is 0. The first-order chi connectivity index (χ1) is 9.16. The predicted molar refractivity (Wildman–Crippen MR) is 73.6 cm³/mol. The third-order valence-corrected chi connectivity index (χ3v) is 4.62. The van der Waals surface area contributed by atoms with Crippen LogP contribution in [0, 0.1) is 11.3 Å². The van der Waals surface area contributed by atoms with Crippen LogP contribution < -0.4 is 11.1 Å². The quantitative estimate of drug-likeness (QED) is 0.739. The molecule has 0 aromatic heterocycles. The van der Waals surface area contributed by atoms with Gasteiger partial charge in [-0.3, -0.25) is 14.5 Å². The second kappa shape index (κ2) is 4.75. The molecule has 20 heavy (non-hydrogen) atoms. The van der Waals surface area contributed by atoms with Crippen molar-refractivity contribution in [2.45, 2.75) is 52.0 Å². The van der Waals surface area contributed by atoms with E-state index >= 15 is 0 Å². The minimum absolute atomic E-state index is 0.209. The summed E-state index contributed by atoms with van der Waals surface area (Å²) in [5, 5.41) is 2.78. The molecule has 0 bridgehead atoms. The van der Waals surface area contributed by atoms with Crippen LogP contribution in [0.1, 0.15) is 46.5 Å². The van der Waals surface area contributed by atoms with Gasteiger partial charge in [0, 0.05) is 0 Å². The normalized spacial score (nSPS) is 30.8. The number of carbonyl (C=O) groups excluding carboxylic acids is 3. The van der Waals surface area contributed by atoms with Gasteiger partial charge in [0.15, 0.2) is 0 Å². The standard InChI is InChI=1S/C14H23N3O3/c1-13(2,3)9-4-6-14(7-5-9)11(19)17(8-10(15)18)12(20)16-14/h9H,4-8H2,1-3H3,(H2,15,18)(H,16,20). The van der Waals surface area contributed by atoms with E-state index in [9.17, 15) is 14.4 Å². The largest absolute Gasteiger partial charge is 0.368 e. The fourth-order valence-corrected chi connectivity index (χ4v) is 3.29. The van der Waals surface area contributed by atoms with E-state index in [2.05, 4.69) is 26.1 Å². The van der Waals surface area contributed by atoms with Crippen LogP contribution in [0.2, 0.25) is 0 Å². The lowest BCUT2D eigenvalue weighted by Crippen LogP contribution is -2.51. The molecule has 1 aliphatic heterocycles. The van der Waals surface area contributed by atoms with E-state index in [0.29, 0.717) is 18.8 Å². The molecule has 2 fully saturated rings. The number of hydrogen-bond donors (Lipinski definition) is 2. The van der Waals surface area contributed by atoms with E-state index < -0.39 is 17.5 Å². The SMILES string of the molecule is CC(C)(C)C1CCC2(CC1)NC(=O)N(CC(N)=O)C2=O. The van der Waals surface area contributed by atoms with Gasteiger partial charge in [0.25, 0.3) is 5.91 Å². The number of primary amides is 1. The van der Waals surface area contributed by atoms with Gasteiger partial charge in [0.2, 0.25) is 5.91 Å². The monoisotopic (exact) mass is 281 g/mol. The maximum atomic E-state index is 12.4. The average Bonchev–Trinajstić information content (AvgIpc) is 2.53. The van der Waals surface area contributed by atoms with Crippen molar-refractivity contribution in [1.82, 2.24) is 10.2 Å². The fourth-order valence-electron chi connectivity index (χ4n) is 3.29. The third-order valence-electron chi connectivity index (χ3n) is 4.62. The molecule has 0 aromatic carbocycles. The Hall–Kier alpha value is -1.59. The summed E-state index contributed by atoms with van der Waals surface area (Å²) in [7, 11) is 0. The Morgan fingerprint density at radius 1 is 1.35 bits per heavy atom. The number of amides is 4. The Morgan fingerprint density at radius 3 is 2.35 bits per heavy atom. The Bertz CT molecular complexity index is 445. The zero-order chi connectivity index (χ0) is 15.1. The second-order valence-electron chi connectivity index (χ2n) is 7.01. The molecule has 0 atom stereocenters. The lowest BCUT2D eigenvalue weighted by atomic mass is 9.67. The first-order valence-electron chi connectivity index (χ1n) is 7.08. The van der Waals surface area contributed by atoms with Crippen LogP contribution in [0.3, 0.4) is 0 Å². The minimum Gasteiger partial charge on any atom is -0.368 e.